The highest BCUT2D eigenvalue weighted by Crippen LogP contribution is 2.32. The van der Waals surface area contributed by atoms with Crippen molar-refractivity contribution in [2.75, 3.05) is 7.11 Å². The zero-order valence-electron chi connectivity index (χ0n) is 15.2. The number of methoxy groups -OCH3 is 1. The largest absolute Gasteiger partial charge is 0.481 e. The molecule has 29 heavy (non-hydrogen) atoms. The highest BCUT2D eigenvalue weighted by Gasteiger charge is 2.30. The number of H-pyrrole nitrogens is 1. The summed E-state index contributed by atoms with van der Waals surface area (Å²) in [6.45, 7) is 0.226. The van der Waals surface area contributed by atoms with E-state index in [1.54, 1.807) is 30.5 Å². The number of hydrogen-bond acceptors (Lipinski definition) is 4. The molecule has 3 aromatic heterocycles. The van der Waals surface area contributed by atoms with Gasteiger partial charge in [0.25, 0.3) is 0 Å². The molecule has 0 spiro atoms. The van der Waals surface area contributed by atoms with Crippen molar-refractivity contribution in [3.8, 4) is 17.0 Å². The van der Waals surface area contributed by atoms with Crippen molar-refractivity contribution in [2.45, 2.75) is 12.7 Å². The van der Waals surface area contributed by atoms with Gasteiger partial charge in [-0.05, 0) is 29.3 Å². The highest BCUT2D eigenvalue weighted by atomic mass is 19.4. The Labute approximate surface area is 162 Å². The van der Waals surface area contributed by atoms with Gasteiger partial charge in [0.1, 0.15) is 0 Å². The fourth-order valence-electron chi connectivity index (χ4n) is 3.03. The first kappa shape index (κ1) is 18.7. The lowest BCUT2D eigenvalue weighted by Gasteiger charge is -2.09. The van der Waals surface area contributed by atoms with Crippen LogP contribution in [0.15, 0.2) is 59.7 Å². The normalized spacial score (nSPS) is 11.7. The minimum atomic E-state index is -4.44. The Kier molecular flexibility index (Phi) is 4.57. The predicted molar refractivity (Wildman–Crippen MR) is 101 cm³/mol. The van der Waals surface area contributed by atoms with Crippen LogP contribution < -0.4 is 10.4 Å². The standard InChI is InChI=1S/C20H15F3N4O2/c1-29-17-6-5-12(9-24-17)11-27-16-8-14(10-25-18(16)26-19(27)28)13-3-2-4-15(7-13)20(21,22)23/h2-10H,11H2,1H3,(H,25,26,28). The molecular formula is C20H15F3N4O2. The zero-order chi connectivity index (χ0) is 20.6. The second-order valence-electron chi connectivity index (χ2n) is 6.40. The summed E-state index contributed by atoms with van der Waals surface area (Å²) in [4.78, 5) is 23.4. The van der Waals surface area contributed by atoms with Crippen molar-refractivity contribution in [1.82, 2.24) is 19.5 Å². The third-order valence-corrected chi connectivity index (χ3v) is 4.50. The molecule has 1 aromatic carbocycles. The van der Waals surface area contributed by atoms with E-state index < -0.39 is 11.7 Å². The minimum Gasteiger partial charge on any atom is -0.481 e. The molecular weight excluding hydrogens is 385 g/mol. The molecule has 0 aliphatic heterocycles. The maximum atomic E-state index is 13.0. The van der Waals surface area contributed by atoms with Crippen LogP contribution in [0.1, 0.15) is 11.1 Å². The van der Waals surface area contributed by atoms with Gasteiger partial charge in [-0.25, -0.2) is 14.8 Å². The van der Waals surface area contributed by atoms with Crippen molar-refractivity contribution < 1.29 is 17.9 Å². The number of aromatic nitrogens is 4. The number of nitrogens with one attached hydrogen (secondary N) is 1. The number of hydrogen-bond donors (Lipinski definition) is 1. The van der Waals surface area contributed by atoms with Crippen LogP contribution in [-0.2, 0) is 12.7 Å². The molecule has 1 N–H and O–H groups in total. The molecule has 9 heteroatoms. The van der Waals surface area contributed by atoms with E-state index in [0.717, 1.165) is 17.7 Å². The SMILES string of the molecule is COc1ccc(Cn2c(=O)[nH]c3ncc(-c4cccc(C(F)(F)F)c4)cc32)cn1. The number of alkyl halides is 3. The van der Waals surface area contributed by atoms with Crippen molar-refractivity contribution in [1.29, 1.82) is 0 Å². The molecule has 148 valence electrons. The second kappa shape index (κ2) is 7.08. The van der Waals surface area contributed by atoms with E-state index in [4.69, 9.17) is 4.74 Å². The molecule has 0 saturated heterocycles. The summed E-state index contributed by atoms with van der Waals surface area (Å²) in [5.74, 6) is 0.452. The molecule has 0 atom stereocenters. The van der Waals surface area contributed by atoms with Gasteiger partial charge in [0, 0.05) is 24.0 Å². The Balaban J connectivity index is 1.76. The minimum absolute atomic E-state index is 0.226. The molecule has 3 heterocycles. The fourth-order valence-corrected chi connectivity index (χ4v) is 3.03. The first-order valence-electron chi connectivity index (χ1n) is 8.60. The van der Waals surface area contributed by atoms with E-state index in [1.807, 2.05) is 0 Å². The number of benzene rings is 1. The van der Waals surface area contributed by atoms with E-state index in [-0.39, 0.29) is 12.2 Å². The Hall–Kier alpha value is -3.62. The van der Waals surface area contributed by atoms with Gasteiger partial charge in [0.15, 0.2) is 5.65 Å². The third kappa shape index (κ3) is 3.71. The Bertz CT molecular complexity index is 1230. The predicted octanol–water partition coefficient (Wildman–Crippen LogP) is 3.86. The van der Waals surface area contributed by atoms with E-state index in [2.05, 4.69) is 15.0 Å². The highest BCUT2D eigenvalue weighted by molar-refractivity contribution is 5.78. The van der Waals surface area contributed by atoms with Gasteiger partial charge >= 0.3 is 11.9 Å². The summed E-state index contributed by atoms with van der Waals surface area (Å²) < 4.78 is 45.5. The van der Waals surface area contributed by atoms with Crippen LogP contribution in [0.2, 0.25) is 0 Å². The van der Waals surface area contributed by atoms with Gasteiger partial charge < -0.3 is 4.74 Å². The third-order valence-electron chi connectivity index (χ3n) is 4.50. The first-order valence-corrected chi connectivity index (χ1v) is 8.60. The van der Waals surface area contributed by atoms with E-state index in [1.165, 1.54) is 23.9 Å². The van der Waals surface area contributed by atoms with Crippen molar-refractivity contribution in [2.24, 2.45) is 0 Å². The second-order valence-corrected chi connectivity index (χ2v) is 6.40. The van der Waals surface area contributed by atoms with E-state index in [0.29, 0.717) is 28.2 Å². The van der Waals surface area contributed by atoms with Gasteiger partial charge in [-0.15, -0.1) is 0 Å². The molecule has 0 amide bonds. The van der Waals surface area contributed by atoms with Crippen LogP contribution in [0.4, 0.5) is 13.2 Å². The van der Waals surface area contributed by atoms with Gasteiger partial charge in [-0.2, -0.15) is 13.2 Å². The molecule has 0 aliphatic rings. The summed E-state index contributed by atoms with van der Waals surface area (Å²) >= 11 is 0. The molecule has 0 bridgehead atoms. The number of nitrogens with zero attached hydrogens (tertiary/aromatic N) is 3. The molecule has 4 rings (SSSR count). The maximum Gasteiger partial charge on any atom is 0.416 e. The van der Waals surface area contributed by atoms with Gasteiger partial charge in [0.05, 0.1) is 24.7 Å². The number of aromatic amines is 1. The van der Waals surface area contributed by atoms with E-state index >= 15 is 0 Å². The van der Waals surface area contributed by atoms with E-state index in [9.17, 15) is 18.0 Å². The van der Waals surface area contributed by atoms with Gasteiger partial charge in [-0.1, -0.05) is 18.2 Å². The smallest absolute Gasteiger partial charge is 0.416 e. The summed E-state index contributed by atoms with van der Waals surface area (Å²) in [6, 6.07) is 10.1. The molecule has 0 aliphatic carbocycles. The lowest BCUT2D eigenvalue weighted by Crippen LogP contribution is -2.17. The van der Waals surface area contributed by atoms with Gasteiger partial charge in [0.2, 0.25) is 5.88 Å². The molecule has 0 radical (unpaired) electrons. The molecule has 0 fully saturated rings. The summed E-state index contributed by atoms with van der Waals surface area (Å²) in [5.41, 5.74) is 1.33. The Morgan fingerprint density at radius 2 is 1.90 bits per heavy atom. The van der Waals surface area contributed by atoms with Crippen molar-refractivity contribution in [3.63, 3.8) is 0 Å². The van der Waals surface area contributed by atoms with Crippen LogP contribution in [0.3, 0.4) is 0 Å². The number of pyridine rings is 2. The maximum absolute atomic E-state index is 13.0. The lowest BCUT2D eigenvalue weighted by atomic mass is 10.0. The topological polar surface area (TPSA) is 72.8 Å². The van der Waals surface area contributed by atoms with Crippen LogP contribution in [-0.4, -0.2) is 26.6 Å². The van der Waals surface area contributed by atoms with Crippen LogP contribution >= 0.6 is 0 Å². The summed E-state index contributed by atoms with van der Waals surface area (Å²) in [7, 11) is 1.51. The number of imidazole rings is 1. The van der Waals surface area contributed by atoms with Crippen LogP contribution in [0.5, 0.6) is 5.88 Å². The average Bonchev–Trinajstić information content (AvgIpc) is 3.02. The monoisotopic (exact) mass is 400 g/mol. The van der Waals surface area contributed by atoms with Crippen LogP contribution in [0, 0.1) is 0 Å². The van der Waals surface area contributed by atoms with Gasteiger partial charge in [-0.3, -0.25) is 9.55 Å². The number of ether oxygens (including phenoxy) is 1. The fraction of sp³-hybridized carbons (Fsp3) is 0.150. The molecule has 4 aromatic rings. The quantitative estimate of drug-likeness (QED) is 0.565. The Morgan fingerprint density at radius 1 is 1.07 bits per heavy atom. The first-order chi connectivity index (χ1) is 13.8. The molecule has 6 nitrogen and oxygen atoms in total. The Morgan fingerprint density at radius 3 is 2.59 bits per heavy atom. The number of fused-ring (bicyclic) bond motifs is 1. The molecule has 0 saturated carbocycles. The lowest BCUT2D eigenvalue weighted by molar-refractivity contribution is -0.137. The zero-order valence-corrected chi connectivity index (χ0v) is 15.2. The number of halogens is 3. The van der Waals surface area contributed by atoms with Crippen LogP contribution in [0.25, 0.3) is 22.3 Å². The van der Waals surface area contributed by atoms with Crippen molar-refractivity contribution in [3.05, 3.63) is 76.5 Å². The summed E-state index contributed by atoms with van der Waals surface area (Å²) in [6.07, 6.45) is -1.41. The summed E-state index contributed by atoms with van der Waals surface area (Å²) in [5, 5.41) is 0. The van der Waals surface area contributed by atoms with Crippen molar-refractivity contribution >= 4 is 11.2 Å². The average molecular weight is 400 g/mol. The molecule has 0 unspecified atom stereocenters. The number of rotatable bonds is 4.